The molecule has 1 heterocycles. The van der Waals surface area contributed by atoms with E-state index in [0.29, 0.717) is 42.7 Å². The van der Waals surface area contributed by atoms with E-state index in [4.69, 9.17) is 10.00 Å². The minimum absolute atomic E-state index is 0.0601. The fourth-order valence-electron chi connectivity index (χ4n) is 1.97. The van der Waals surface area contributed by atoms with Crippen LogP contribution >= 0.6 is 11.8 Å². The van der Waals surface area contributed by atoms with Crippen molar-refractivity contribution in [2.24, 2.45) is 4.99 Å². The Morgan fingerprint density at radius 2 is 2.14 bits per heavy atom. The molecule has 1 N–H and O–H groups in total. The fourth-order valence-corrected chi connectivity index (χ4v) is 2.31. The van der Waals surface area contributed by atoms with Crippen molar-refractivity contribution in [2.45, 2.75) is 0 Å². The normalized spacial score (nSPS) is 15.4. The molecule has 1 aromatic carbocycles. The Hall–Kier alpha value is -2.04. The third-order valence-electron chi connectivity index (χ3n) is 3.01. The number of hydrogen-bond donors (Lipinski definition) is 1. The molecule has 110 valence electrons. The summed E-state index contributed by atoms with van der Waals surface area (Å²) in [5.41, 5.74) is 1.09. The van der Waals surface area contributed by atoms with Gasteiger partial charge in [-0.15, -0.1) is 0 Å². The molecule has 0 saturated carbocycles. The maximum atomic E-state index is 12.6. The van der Waals surface area contributed by atoms with Crippen LogP contribution in [0.1, 0.15) is 10.4 Å². The highest BCUT2D eigenvalue weighted by Gasteiger charge is 2.20. The molecule has 0 radical (unpaired) electrons. The van der Waals surface area contributed by atoms with Crippen LogP contribution in [0.25, 0.3) is 0 Å². The van der Waals surface area contributed by atoms with Crippen LogP contribution in [0.3, 0.4) is 0 Å². The van der Waals surface area contributed by atoms with Gasteiger partial charge < -0.3 is 9.64 Å². The zero-order valence-electron chi connectivity index (χ0n) is 11.7. The molecule has 6 nitrogen and oxygen atoms in total. The predicted molar refractivity (Wildman–Crippen MR) is 82.5 cm³/mol. The Morgan fingerprint density at radius 3 is 2.81 bits per heavy atom. The van der Waals surface area contributed by atoms with Crippen LogP contribution < -0.4 is 5.32 Å². The summed E-state index contributed by atoms with van der Waals surface area (Å²) < 4.78 is 5.26. The van der Waals surface area contributed by atoms with Crippen molar-refractivity contribution in [3.05, 3.63) is 29.8 Å². The summed E-state index contributed by atoms with van der Waals surface area (Å²) in [6.45, 7) is 2.29. The van der Waals surface area contributed by atoms with Gasteiger partial charge in [0.25, 0.3) is 5.91 Å². The van der Waals surface area contributed by atoms with Gasteiger partial charge in [0.15, 0.2) is 11.4 Å². The minimum atomic E-state index is -0.0601. The number of nitrogens with one attached hydrogen (secondary N) is 1. The van der Waals surface area contributed by atoms with Gasteiger partial charge in [-0.05, 0) is 18.4 Å². The van der Waals surface area contributed by atoms with Crippen molar-refractivity contribution in [1.82, 2.24) is 10.2 Å². The zero-order chi connectivity index (χ0) is 15.1. The molecule has 7 heteroatoms. The van der Waals surface area contributed by atoms with Crippen molar-refractivity contribution >= 4 is 28.5 Å². The number of rotatable bonds is 2. The summed E-state index contributed by atoms with van der Waals surface area (Å²) in [6, 6.07) is 7.15. The summed E-state index contributed by atoms with van der Waals surface area (Å²) >= 11 is 1.32. The summed E-state index contributed by atoms with van der Waals surface area (Å²) in [6.07, 6.45) is 3.65. The maximum absolute atomic E-state index is 12.6. The number of amides is 1. The van der Waals surface area contributed by atoms with E-state index in [9.17, 15) is 4.79 Å². The van der Waals surface area contributed by atoms with Crippen molar-refractivity contribution in [3.63, 3.8) is 0 Å². The Labute approximate surface area is 127 Å². The van der Waals surface area contributed by atoms with Gasteiger partial charge >= 0.3 is 0 Å². The van der Waals surface area contributed by atoms with E-state index >= 15 is 0 Å². The SMILES string of the molecule is CSC(=Nc1ccccc1C(=O)N1CCOCC1)NC#N. The molecular weight excluding hydrogens is 288 g/mol. The van der Waals surface area contributed by atoms with Crippen LogP contribution in [-0.4, -0.2) is 48.5 Å². The van der Waals surface area contributed by atoms with Crippen molar-refractivity contribution < 1.29 is 9.53 Å². The Kier molecular flexibility index (Phi) is 5.60. The number of carbonyl (C=O) groups excluding carboxylic acids is 1. The molecule has 0 unspecified atom stereocenters. The van der Waals surface area contributed by atoms with Crippen LogP contribution in [0.2, 0.25) is 0 Å². The van der Waals surface area contributed by atoms with Gasteiger partial charge in [-0.1, -0.05) is 23.9 Å². The first-order valence-corrected chi connectivity index (χ1v) is 7.72. The molecular formula is C14H16N4O2S. The number of aliphatic imine (C=N–C) groups is 1. The van der Waals surface area contributed by atoms with Crippen LogP contribution in [0, 0.1) is 11.5 Å². The molecule has 2 rings (SSSR count). The average molecular weight is 304 g/mol. The number of thioether (sulfide) groups is 1. The highest BCUT2D eigenvalue weighted by Crippen LogP contribution is 2.22. The number of nitriles is 1. The third kappa shape index (κ3) is 3.97. The lowest BCUT2D eigenvalue weighted by Gasteiger charge is -2.27. The van der Waals surface area contributed by atoms with E-state index in [0.717, 1.165) is 0 Å². The lowest BCUT2D eigenvalue weighted by atomic mass is 10.1. The highest BCUT2D eigenvalue weighted by atomic mass is 32.2. The molecule has 1 aliphatic heterocycles. The molecule has 1 aliphatic rings. The lowest BCUT2D eigenvalue weighted by Crippen LogP contribution is -2.40. The second-order valence-electron chi connectivity index (χ2n) is 4.28. The summed E-state index contributed by atoms with van der Waals surface area (Å²) in [5, 5.41) is 11.6. The van der Waals surface area contributed by atoms with E-state index in [1.54, 1.807) is 17.0 Å². The number of carbonyl (C=O) groups is 1. The molecule has 1 aromatic rings. The number of benzene rings is 1. The summed E-state index contributed by atoms with van der Waals surface area (Å²) in [4.78, 5) is 18.7. The van der Waals surface area contributed by atoms with Crippen molar-refractivity contribution in [3.8, 4) is 6.19 Å². The number of morpholine rings is 1. The van der Waals surface area contributed by atoms with Crippen LogP contribution in [0.4, 0.5) is 5.69 Å². The van der Waals surface area contributed by atoms with Gasteiger partial charge in [0.05, 0.1) is 24.5 Å². The quantitative estimate of drug-likeness (QED) is 0.388. The monoisotopic (exact) mass is 304 g/mol. The first-order chi connectivity index (χ1) is 10.3. The van der Waals surface area contributed by atoms with E-state index in [1.165, 1.54) is 11.8 Å². The van der Waals surface area contributed by atoms with Gasteiger partial charge in [0.1, 0.15) is 0 Å². The van der Waals surface area contributed by atoms with Crippen LogP contribution in [-0.2, 0) is 4.74 Å². The number of para-hydroxylation sites is 1. The zero-order valence-corrected chi connectivity index (χ0v) is 12.5. The summed E-state index contributed by atoms with van der Waals surface area (Å²) in [7, 11) is 0. The van der Waals surface area contributed by atoms with Gasteiger partial charge in [-0.25, -0.2) is 4.99 Å². The second kappa shape index (κ2) is 7.67. The van der Waals surface area contributed by atoms with Gasteiger partial charge in [-0.2, -0.15) is 5.26 Å². The maximum Gasteiger partial charge on any atom is 0.256 e. The topological polar surface area (TPSA) is 77.7 Å². The highest BCUT2D eigenvalue weighted by molar-refractivity contribution is 8.13. The van der Waals surface area contributed by atoms with Gasteiger partial charge in [0.2, 0.25) is 0 Å². The van der Waals surface area contributed by atoms with E-state index in [-0.39, 0.29) is 5.91 Å². The van der Waals surface area contributed by atoms with E-state index in [2.05, 4.69) is 10.3 Å². The van der Waals surface area contributed by atoms with Crippen LogP contribution in [0.15, 0.2) is 29.3 Å². The van der Waals surface area contributed by atoms with Crippen molar-refractivity contribution in [1.29, 1.82) is 5.26 Å². The van der Waals surface area contributed by atoms with E-state index < -0.39 is 0 Å². The molecule has 21 heavy (non-hydrogen) atoms. The molecule has 1 amide bonds. The number of amidine groups is 1. The first-order valence-electron chi connectivity index (χ1n) is 6.50. The average Bonchev–Trinajstić information content (AvgIpc) is 2.55. The second-order valence-corrected chi connectivity index (χ2v) is 5.07. The first kappa shape index (κ1) is 15.4. The molecule has 1 fully saturated rings. The largest absolute Gasteiger partial charge is 0.378 e. The summed E-state index contributed by atoms with van der Waals surface area (Å²) in [5.74, 6) is -0.0601. The third-order valence-corrected chi connectivity index (χ3v) is 3.59. The molecule has 1 saturated heterocycles. The smallest absolute Gasteiger partial charge is 0.256 e. The number of ether oxygens (including phenoxy) is 1. The Bertz CT molecular complexity index is 577. The standard InChI is InChI=1S/C14H16N4O2S/c1-21-14(16-10-15)17-12-5-3-2-4-11(12)13(19)18-6-8-20-9-7-18/h2-5H,6-9H2,1H3,(H,16,17). The predicted octanol–water partition coefficient (Wildman–Crippen LogP) is 1.58. The number of nitrogens with zero attached hydrogens (tertiary/aromatic N) is 3. The molecule has 0 aliphatic carbocycles. The molecule has 0 bridgehead atoms. The number of hydrogen-bond acceptors (Lipinski definition) is 5. The molecule has 0 spiro atoms. The lowest BCUT2D eigenvalue weighted by molar-refractivity contribution is 0.0303. The van der Waals surface area contributed by atoms with Gasteiger partial charge in [0, 0.05) is 13.1 Å². The van der Waals surface area contributed by atoms with Crippen LogP contribution in [0.5, 0.6) is 0 Å². The van der Waals surface area contributed by atoms with Crippen molar-refractivity contribution in [2.75, 3.05) is 32.6 Å². The Morgan fingerprint density at radius 1 is 1.43 bits per heavy atom. The fraction of sp³-hybridized carbons (Fsp3) is 0.357. The minimum Gasteiger partial charge on any atom is -0.378 e. The van der Waals surface area contributed by atoms with E-state index in [1.807, 2.05) is 24.6 Å². The Balaban J connectivity index is 2.28. The van der Waals surface area contributed by atoms with Gasteiger partial charge in [-0.3, -0.25) is 10.1 Å². The molecule has 0 atom stereocenters. The molecule has 0 aromatic heterocycles.